The molecule has 0 bridgehead atoms. The number of amides is 1. The van der Waals surface area contributed by atoms with Gasteiger partial charge < -0.3 is 5.32 Å². The van der Waals surface area contributed by atoms with E-state index in [4.69, 9.17) is 23.2 Å². The molecule has 0 saturated carbocycles. The molecule has 1 amide bonds. The van der Waals surface area contributed by atoms with Crippen molar-refractivity contribution in [2.24, 2.45) is 0 Å². The molecule has 25 heavy (non-hydrogen) atoms. The van der Waals surface area contributed by atoms with Crippen LogP contribution in [0.4, 0.5) is 5.69 Å². The van der Waals surface area contributed by atoms with E-state index in [1.807, 2.05) is 60.7 Å². The lowest BCUT2D eigenvalue weighted by Crippen LogP contribution is -2.19. The van der Waals surface area contributed by atoms with Gasteiger partial charge in [-0.2, -0.15) is 0 Å². The third kappa shape index (κ3) is 4.57. The van der Waals surface area contributed by atoms with Crippen LogP contribution in [0.5, 0.6) is 0 Å². The average molecular weight is 388 g/mol. The Morgan fingerprint density at radius 1 is 0.840 bits per heavy atom. The highest BCUT2D eigenvalue weighted by Crippen LogP contribution is 2.37. The van der Waals surface area contributed by atoms with E-state index < -0.39 is 5.25 Å². The van der Waals surface area contributed by atoms with Gasteiger partial charge in [0, 0.05) is 4.90 Å². The van der Waals surface area contributed by atoms with Gasteiger partial charge in [0.2, 0.25) is 5.91 Å². The summed E-state index contributed by atoms with van der Waals surface area (Å²) < 4.78 is 0. The van der Waals surface area contributed by atoms with Crippen LogP contribution in [-0.4, -0.2) is 5.91 Å². The van der Waals surface area contributed by atoms with Gasteiger partial charge in [-0.3, -0.25) is 4.79 Å². The molecule has 3 aromatic carbocycles. The van der Waals surface area contributed by atoms with Gasteiger partial charge in [0.25, 0.3) is 0 Å². The Morgan fingerprint density at radius 2 is 1.48 bits per heavy atom. The normalized spacial score (nSPS) is 11.8. The molecule has 1 atom stereocenters. The van der Waals surface area contributed by atoms with E-state index in [1.165, 1.54) is 11.8 Å². The highest BCUT2D eigenvalue weighted by molar-refractivity contribution is 8.00. The van der Waals surface area contributed by atoms with Gasteiger partial charge in [-0.05, 0) is 29.8 Å². The molecule has 0 aliphatic rings. The Bertz CT molecular complexity index is 856. The van der Waals surface area contributed by atoms with Crippen molar-refractivity contribution in [3.8, 4) is 0 Å². The van der Waals surface area contributed by atoms with Crippen LogP contribution in [0.25, 0.3) is 0 Å². The number of anilines is 1. The molecule has 0 radical (unpaired) electrons. The van der Waals surface area contributed by atoms with Gasteiger partial charge in [-0.15, -0.1) is 11.8 Å². The molecular weight excluding hydrogens is 373 g/mol. The van der Waals surface area contributed by atoms with Crippen molar-refractivity contribution in [1.29, 1.82) is 0 Å². The summed E-state index contributed by atoms with van der Waals surface area (Å²) in [6, 6.07) is 24.7. The Balaban J connectivity index is 1.88. The van der Waals surface area contributed by atoms with Gasteiger partial charge in [-0.1, -0.05) is 77.8 Å². The fourth-order valence-electron chi connectivity index (χ4n) is 2.33. The third-order valence-corrected chi connectivity index (χ3v) is 5.63. The molecule has 3 aromatic rings. The lowest BCUT2D eigenvalue weighted by molar-refractivity contribution is -0.115. The van der Waals surface area contributed by atoms with E-state index >= 15 is 0 Å². The highest BCUT2D eigenvalue weighted by Gasteiger charge is 2.23. The Hall–Kier alpha value is -1.94. The predicted molar refractivity (Wildman–Crippen MR) is 107 cm³/mol. The zero-order valence-electron chi connectivity index (χ0n) is 13.2. The van der Waals surface area contributed by atoms with E-state index in [9.17, 15) is 4.79 Å². The van der Waals surface area contributed by atoms with Crippen molar-refractivity contribution >= 4 is 46.6 Å². The van der Waals surface area contributed by atoms with Crippen LogP contribution >= 0.6 is 35.0 Å². The third-order valence-electron chi connectivity index (χ3n) is 3.55. The molecule has 0 aliphatic heterocycles. The van der Waals surface area contributed by atoms with Crippen molar-refractivity contribution in [3.63, 3.8) is 0 Å². The molecule has 0 spiro atoms. The van der Waals surface area contributed by atoms with Crippen molar-refractivity contribution in [3.05, 3.63) is 94.5 Å². The monoisotopic (exact) mass is 387 g/mol. The molecule has 0 aromatic heterocycles. The van der Waals surface area contributed by atoms with E-state index in [0.29, 0.717) is 15.7 Å². The second kappa shape index (κ2) is 8.43. The number of carbonyl (C=O) groups excluding carboxylic acids is 1. The number of benzene rings is 3. The zero-order valence-corrected chi connectivity index (χ0v) is 15.5. The fourth-order valence-corrected chi connectivity index (χ4v) is 3.73. The van der Waals surface area contributed by atoms with Crippen molar-refractivity contribution in [2.45, 2.75) is 10.1 Å². The van der Waals surface area contributed by atoms with Crippen LogP contribution in [0.1, 0.15) is 10.8 Å². The first-order valence-electron chi connectivity index (χ1n) is 7.66. The van der Waals surface area contributed by atoms with Crippen LogP contribution in [0, 0.1) is 0 Å². The van der Waals surface area contributed by atoms with Gasteiger partial charge in [0.15, 0.2) is 0 Å². The first kappa shape index (κ1) is 17.9. The molecule has 2 nitrogen and oxygen atoms in total. The minimum Gasteiger partial charge on any atom is -0.323 e. The average Bonchev–Trinajstić information content (AvgIpc) is 2.65. The van der Waals surface area contributed by atoms with Crippen molar-refractivity contribution in [1.82, 2.24) is 0 Å². The lowest BCUT2D eigenvalue weighted by atomic mass is 10.1. The summed E-state index contributed by atoms with van der Waals surface area (Å²) in [5.74, 6) is -0.149. The highest BCUT2D eigenvalue weighted by atomic mass is 35.5. The minimum absolute atomic E-state index is 0.149. The molecule has 1 N–H and O–H groups in total. The van der Waals surface area contributed by atoms with Gasteiger partial charge >= 0.3 is 0 Å². The molecule has 126 valence electrons. The molecule has 1 unspecified atom stereocenters. The predicted octanol–water partition coefficient (Wildman–Crippen LogP) is 6.47. The largest absolute Gasteiger partial charge is 0.323 e. The Morgan fingerprint density at radius 3 is 2.16 bits per heavy atom. The second-order valence-electron chi connectivity index (χ2n) is 5.31. The number of thioether (sulfide) groups is 1. The maximum atomic E-state index is 12.9. The van der Waals surface area contributed by atoms with Gasteiger partial charge in [-0.25, -0.2) is 0 Å². The molecule has 0 heterocycles. The number of hydrogen-bond acceptors (Lipinski definition) is 2. The molecular formula is C20H15Cl2NOS. The van der Waals surface area contributed by atoms with Crippen LogP contribution in [-0.2, 0) is 4.79 Å². The van der Waals surface area contributed by atoms with Crippen LogP contribution < -0.4 is 5.32 Å². The summed E-state index contributed by atoms with van der Waals surface area (Å²) in [6.45, 7) is 0. The Kier molecular flexibility index (Phi) is 6.03. The number of hydrogen-bond donors (Lipinski definition) is 1. The zero-order chi connectivity index (χ0) is 17.6. The molecule has 0 fully saturated rings. The van der Waals surface area contributed by atoms with Crippen LogP contribution in [0.15, 0.2) is 83.8 Å². The standard InChI is InChI=1S/C20H15Cl2NOS/c21-16-12-7-13-17(18(16)22)23-20(24)19(14-8-3-1-4-9-14)25-15-10-5-2-6-11-15/h1-13,19H,(H,23,24). The topological polar surface area (TPSA) is 29.1 Å². The quantitative estimate of drug-likeness (QED) is 0.508. The van der Waals surface area contributed by atoms with E-state index in [1.54, 1.807) is 18.2 Å². The number of rotatable bonds is 5. The van der Waals surface area contributed by atoms with E-state index in [-0.39, 0.29) is 5.91 Å². The second-order valence-corrected chi connectivity index (χ2v) is 7.28. The molecule has 0 saturated heterocycles. The molecule has 0 aliphatic carbocycles. The van der Waals surface area contributed by atoms with Crippen LogP contribution in [0.2, 0.25) is 10.0 Å². The van der Waals surface area contributed by atoms with Crippen LogP contribution in [0.3, 0.4) is 0 Å². The number of halogens is 2. The summed E-state index contributed by atoms with van der Waals surface area (Å²) in [5.41, 5.74) is 1.43. The lowest BCUT2D eigenvalue weighted by Gasteiger charge is -2.18. The number of nitrogens with one attached hydrogen (secondary N) is 1. The van der Waals surface area contributed by atoms with Crippen molar-refractivity contribution < 1.29 is 4.79 Å². The summed E-state index contributed by atoms with van der Waals surface area (Å²) in [6.07, 6.45) is 0. The molecule has 3 rings (SSSR count). The minimum atomic E-state index is -0.404. The first-order chi connectivity index (χ1) is 12.1. The summed E-state index contributed by atoms with van der Waals surface area (Å²) in [4.78, 5) is 14.0. The van der Waals surface area contributed by atoms with Gasteiger partial charge in [0.05, 0.1) is 15.7 Å². The smallest absolute Gasteiger partial charge is 0.242 e. The fraction of sp³-hybridized carbons (Fsp3) is 0.0500. The van der Waals surface area contributed by atoms with Gasteiger partial charge in [0.1, 0.15) is 5.25 Å². The first-order valence-corrected chi connectivity index (χ1v) is 9.30. The number of carbonyl (C=O) groups is 1. The summed E-state index contributed by atoms with van der Waals surface area (Å²) in [7, 11) is 0. The summed E-state index contributed by atoms with van der Waals surface area (Å²) >= 11 is 13.7. The van der Waals surface area contributed by atoms with E-state index in [0.717, 1.165) is 10.5 Å². The summed E-state index contributed by atoms with van der Waals surface area (Å²) in [5, 5.41) is 3.24. The Labute approximate surface area is 161 Å². The van der Waals surface area contributed by atoms with E-state index in [2.05, 4.69) is 5.32 Å². The SMILES string of the molecule is O=C(Nc1cccc(Cl)c1Cl)C(Sc1ccccc1)c1ccccc1. The maximum Gasteiger partial charge on any atom is 0.242 e. The molecule has 5 heteroatoms. The van der Waals surface area contributed by atoms with Crippen molar-refractivity contribution in [2.75, 3.05) is 5.32 Å². The maximum absolute atomic E-state index is 12.9.